The molecule has 1 atom stereocenters. The Labute approximate surface area is 129 Å². The van der Waals surface area contributed by atoms with Gasteiger partial charge in [0.05, 0.1) is 23.8 Å². The maximum absolute atomic E-state index is 5.18. The molecular formula is C16H19N5O. The summed E-state index contributed by atoms with van der Waals surface area (Å²) in [5.74, 6) is 0.874. The Morgan fingerprint density at radius 2 is 2.00 bits per heavy atom. The second-order valence-corrected chi connectivity index (χ2v) is 5.34. The summed E-state index contributed by atoms with van der Waals surface area (Å²) < 4.78 is 6.93. The fourth-order valence-electron chi connectivity index (χ4n) is 2.39. The normalized spacial score (nSPS) is 12.5. The number of nitrogens with zero attached hydrogens (tertiary/aromatic N) is 4. The lowest BCUT2D eigenvalue weighted by Crippen LogP contribution is -2.18. The summed E-state index contributed by atoms with van der Waals surface area (Å²) in [4.78, 5) is 0. The van der Waals surface area contributed by atoms with Crippen molar-refractivity contribution in [2.45, 2.75) is 33.4 Å². The van der Waals surface area contributed by atoms with E-state index < -0.39 is 0 Å². The van der Waals surface area contributed by atoms with Crippen LogP contribution in [0.1, 0.15) is 35.5 Å². The molecule has 114 valence electrons. The summed E-state index contributed by atoms with van der Waals surface area (Å²) in [6, 6.07) is 8.51. The van der Waals surface area contributed by atoms with Gasteiger partial charge in [0.2, 0.25) is 0 Å². The summed E-state index contributed by atoms with van der Waals surface area (Å²) in [7, 11) is 0. The molecule has 0 fully saturated rings. The van der Waals surface area contributed by atoms with Crippen molar-refractivity contribution >= 4 is 0 Å². The van der Waals surface area contributed by atoms with Gasteiger partial charge in [0, 0.05) is 18.2 Å². The Balaban J connectivity index is 1.66. The van der Waals surface area contributed by atoms with Crippen molar-refractivity contribution in [1.29, 1.82) is 0 Å². The zero-order chi connectivity index (χ0) is 15.5. The molecule has 0 saturated heterocycles. The molecule has 0 radical (unpaired) electrons. The van der Waals surface area contributed by atoms with Crippen LogP contribution in [-0.4, -0.2) is 20.2 Å². The zero-order valence-corrected chi connectivity index (χ0v) is 12.9. The standard InChI is InChI=1S/C16H19N5O/c1-11(17-10-16-12(2)19-22-13(16)3)14-4-6-15(7-5-14)21-9-8-18-20-21/h4-9,11,17H,10H2,1-3H3/t11-/m0/s1. The SMILES string of the molecule is Cc1noc(C)c1CN[C@@H](C)c1ccc(-n2ccnn2)cc1. The predicted octanol–water partition coefficient (Wildman–Crippen LogP) is 2.72. The van der Waals surface area contributed by atoms with E-state index in [1.807, 2.05) is 32.2 Å². The van der Waals surface area contributed by atoms with E-state index in [1.54, 1.807) is 10.9 Å². The molecule has 0 saturated carbocycles. The number of nitrogens with one attached hydrogen (secondary N) is 1. The molecule has 2 heterocycles. The Morgan fingerprint density at radius 1 is 1.23 bits per heavy atom. The van der Waals surface area contributed by atoms with Crippen molar-refractivity contribution in [3.8, 4) is 5.69 Å². The Hall–Kier alpha value is -2.47. The van der Waals surface area contributed by atoms with Gasteiger partial charge in [0.1, 0.15) is 5.76 Å². The lowest BCUT2D eigenvalue weighted by molar-refractivity contribution is 0.391. The van der Waals surface area contributed by atoms with E-state index in [0.717, 1.165) is 29.2 Å². The predicted molar refractivity (Wildman–Crippen MR) is 82.6 cm³/mol. The highest BCUT2D eigenvalue weighted by Crippen LogP contribution is 2.17. The number of aromatic nitrogens is 4. The average Bonchev–Trinajstić information content (AvgIpc) is 3.17. The third-order valence-corrected chi connectivity index (χ3v) is 3.85. The van der Waals surface area contributed by atoms with Crippen molar-refractivity contribution in [1.82, 2.24) is 25.5 Å². The zero-order valence-electron chi connectivity index (χ0n) is 12.9. The van der Waals surface area contributed by atoms with E-state index in [0.29, 0.717) is 0 Å². The van der Waals surface area contributed by atoms with Crippen molar-refractivity contribution in [3.63, 3.8) is 0 Å². The van der Waals surface area contributed by atoms with Crippen molar-refractivity contribution in [2.24, 2.45) is 0 Å². The van der Waals surface area contributed by atoms with Crippen LogP contribution in [0.25, 0.3) is 5.69 Å². The number of hydrogen-bond donors (Lipinski definition) is 1. The van der Waals surface area contributed by atoms with Crippen LogP contribution in [0, 0.1) is 13.8 Å². The smallest absolute Gasteiger partial charge is 0.138 e. The van der Waals surface area contributed by atoms with Gasteiger partial charge in [-0.05, 0) is 38.5 Å². The third kappa shape index (κ3) is 2.92. The quantitative estimate of drug-likeness (QED) is 0.784. The summed E-state index contributed by atoms with van der Waals surface area (Å²) in [6.07, 6.45) is 3.50. The van der Waals surface area contributed by atoms with Crippen LogP contribution < -0.4 is 5.32 Å². The van der Waals surface area contributed by atoms with Crippen LogP contribution in [0.2, 0.25) is 0 Å². The molecule has 1 aromatic carbocycles. The van der Waals surface area contributed by atoms with Gasteiger partial charge in [-0.3, -0.25) is 0 Å². The minimum atomic E-state index is 0.235. The molecule has 0 unspecified atom stereocenters. The summed E-state index contributed by atoms with van der Waals surface area (Å²) in [6.45, 7) is 6.79. The van der Waals surface area contributed by atoms with Gasteiger partial charge < -0.3 is 9.84 Å². The molecule has 0 bridgehead atoms. The summed E-state index contributed by atoms with van der Waals surface area (Å²) >= 11 is 0. The second-order valence-electron chi connectivity index (χ2n) is 5.34. The Bertz CT molecular complexity index is 711. The van der Waals surface area contributed by atoms with Crippen molar-refractivity contribution in [3.05, 3.63) is 59.2 Å². The molecule has 0 aliphatic rings. The molecule has 2 aromatic heterocycles. The molecule has 6 heteroatoms. The molecule has 1 N–H and O–H groups in total. The Morgan fingerprint density at radius 3 is 2.59 bits per heavy atom. The van der Waals surface area contributed by atoms with Crippen molar-refractivity contribution < 1.29 is 4.52 Å². The molecule has 0 spiro atoms. The molecular weight excluding hydrogens is 278 g/mol. The van der Waals surface area contributed by atoms with Gasteiger partial charge >= 0.3 is 0 Å². The van der Waals surface area contributed by atoms with Gasteiger partial charge in [-0.1, -0.05) is 22.5 Å². The molecule has 3 aromatic rings. The number of hydrogen-bond acceptors (Lipinski definition) is 5. The largest absolute Gasteiger partial charge is 0.361 e. The van der Waals surface area contributed by atoms with E-state index >= 15 is 0 Å². The van der Waals surface area contributed by atoms with Crippen molar-refractivity contribution in [2.75, 3.05) is 0 Å². The number of benzene rings is 1. The van der Waals surface area contributed by atoms with Gasteiger partial charge in [0.15, 0.2) is 0 Å². The highest BCUT2D eigenvalue weighted by molar-refractivity contribution is 5.34. The van der Waals surface area contributed by atoms with E-state index in [1.165, 1.54) is 5.56 Å². The Kier molecular flexibility index (Phi) is 4.02. The van der Waals surface area contributed by atoms with Crippen LogP contribution in [0.5, 0.6) is 0 Å². The third-order valence-electron chi connectivity index (χ3n) is 3.85. The topological polar surface area (TPSA) is 68.8 Å². The van der Waals surface area contributed by atoms with E-state index in [-0.39, 0.29) is 6.04 Å². The molecule has 22 heavy (non-hydrogen) atoms. The van der Waals surface area contributed by atoms with Crippen LogP contribution in [0.4, 0.5) is 0 Å². The molecule has 6 nitrogen and oxygen atoms in total. The fourth-order valence-corrected chi connectivity index (χ4v) is 2.39. The first-order valence-corrected chi connectivity index (χ1v) is 7.27. The molecule has 0 aliphatic carbocycles. The maximum atomic E-state index is 5.18. The van der Waals surface area contributed by atoms with E-state index in [9.17, 15) is 0 Å². The molecule has 0 amide bonds. The monoisotopic (exact) mass is 297 g/mol. The average molecular weight is 297 g/mol. The lowest BCUT2D eigenvalue weighted by Gasteiger charge is -2.14. The van der Waals surface area contributed by atoms with E-state index in [4.69, 9.17) is 4.52 Å². The van der Waals surface area contributed by atoms with Gasteiger partial charge in [-0.25, -0.2) is 4.68 Å². The fraction of sp³-hybridized carbons (Fsp3) is 0.312. The second kappa shape index (κ2) is 6.11. The van der Waals surface area contributed by atoms with Gasteiger partial charge in [-0.15, -0.1) is 5.10 Å². The maximum Gasteiger partial charge on any atom is 0.138 e. The summed E-state index contributed by atoms with van der Waals surface area (Å²) in [5.41, 5.74) is 4.29. The summed E-state index contributed by atoms with van der Waals surface area (Å²) in [5, 5.41) is 15.3. The van der Waals surface area contributed by atoms with Crippen LogP contribution in [0.3, 0.4) is 0 Å². The number of aryl methyl sites for hydroxylation is 2. The van der Waals surface area contributed by atoms with Crippen LogP contribution in [0.15, 0.2) is 41.2 Å². The van der Waals surface area contributed by atoms with Gasteiger partial charge in [0.25, 0.3) is 0 Å². The molecule has 0 aliphatic heterocycles. The lowest BCUT2D eigenvalue weighted by atomic mass is 10.1. The van der Waals surface area contributed by atoms with Crippen LogP contribution in [-0.2, 0) is 6.54 Å². The van der Waals surface area contributed by atoms with Gasteiger partial charge in [-0.2, -0.15) is 0 Å². The van der Waals surface area contributed by atoms with E-state index in [2.05, 4.69) is 39.8 Å². The molecule has 3 rings (SSSR count). The number of rotatable bonds is 5. The minimum Gasteiger partial charge on any atom is -0.361 e. The first-order chi connectivity index (χ1) is 10.6. The first-order valence-electron chi connectivity index (χ1n) is 7.27. The highest BCUT2D eigenvalue weighted by Gasteiger charge is 2.11. The first kappa shape index (κ1) is 14.5. The highest BCUT2D eigenvalue weighted by atomic mass is 16.5. The minimum absolute atomic E-state index is 0.235. The van der Waals surface area contributed by atoms with Crippen LogP contribution >= 0.6 is 0 Å².